The third-order valence-electron chi connectivity index (χ3n) is 5.26. The lowest BCUT2D eigenvalue weighted by atomic mass is 9.98. The summed E-state index contributed by atoms with van der Waals surface area (Å²) in [6.45, 7) is 5.51. The molecule has 1 N–H and O–H groups in total. The van der Waals surface area contributed by atoms with Gasteiger partial charge in [-0.3, -0.25) is 4.79 Å². The van der Waals surface area contributed by atoms with Crippen LogP contribution in [0.25, 0.3) is 0 Å². The molecular formula is C22H21ClFN3O3. The summed E-state index contributed by atoms with van der Waals surface area (Å²) in [5, 5.41) is 3.35. The maximum absolute atomic E-state index is 13.5. The molecule has 1 aliphatic heterocycles. The quantitative estimate of drug-likeness (QED) is 0.647. The Hall–Kier alpha value is -2.90. The summed E-state index contributed by atoms with van der Waals surface area (Å²) in [6, 6.07) is 6.59. The highest BCUT2D eigenvalue weighted by atomic mass is 35.5. The van der Waals surface area contributed by atoms with Crippen molar-refractivity contribution in [3.63, 3.8) is 0 Å². The molecule has 1 aliphatic rings. The number of aryl methyl sites for hydroxylation is 1. The monoisotopic (exact) mass is 429 g/mol. The molecule has 1 aromatic heterocycles. The molecule has 4 rings (SSSR count). The molecular weight excluding hydrogens is 409 g/mol. The molecule has 0 saturated carbocycles. The lowest BCUT2D eigenvalue weighted by Gasteiger charge is -2.19. The van der Waals surface area contributed by atoms with Crippen molar-refractivity contribution >= 4 is 23.2 Å². The van der Waals surface area contributed by atoms with Gasteiger partial charge in [0.2, 0.25) is 11.7 Å². The maximum atomic E-state index is 13.5. The first kappa shape index (κ1) is 20.4. The van der Waals surface area contributed by atoms with E-state index >= 15 is 0 Å². The van der Waals surface area contributed by atoms with E-state index in [0.29, 0.717) is 25.7 Å². The molecule has 0 saturated heterocycles. The van der Waals surface area contributed by atoms with Gasteiger partial charge >= 0.3 is 5.56 Å². The number of hydrogen-bond donors (Lipinski definition) is 1. The highest BCUT2D eigenvalue weighted by Gasteiger charge is 2.20. The fraction of sp³-hybridized carbons (Fsp3) is 0.273. The molecule has 30 heavy (non-hydrogen) atoms. The summed E-state index contributed by atoms with van der Waals surface area (Å²) >= 11 is 5.93. The normalized spacial score (nSPS) is 12.7. The topological polar surface area (TPSA) is 65.4 Å². The molecule has 156 valence electrons. The predicted octanol–water partition coefficient (Wildman–Crippen LogP) is 4.48. The van der Waals surface area contributed by atoms with Gasteiger partial charge in [-0.05, 0) is 53.8 Å². The molecule has 0 fully saturated rings. The number of aromatic nitrogens is 2. The van der Waals surface area contributed by atoms with Gasteiger partial charge in [0, 0.05) is 5.69 Å². The Labute approximate surface area is 178 Å². The van der Waals surface area contributed by atoms with Gasteiger partial charge in [-0.2, -0.15) is 4.98 Å². The average molecular weight is 430 g/mol. The minimum atomic E-state index is -0.485. The molecule has 0 unspecified atom stereocenters. The minimum Gasteiger partial charge on any atom is -0.490 e. The number of nitrogens with zero attached hydrogens (tertiary/aromatic N) is 2. The average Bonchev–Trinajstić information content (AvgIpc) is 3.18. The Morgan fingerprint density at radius 3 is 2.83 bits per heavy atom. The number of methoxy groups -OCH3 is 1. The van der Waals surface area contributed by atoms with Crippen LogP contribution in [0.5, 0.6) is 5.75 Å². The fourth-order valence-electron chi connectivity index (χ4n) is 3.67. The van der Waals surface area contributed by atoms with Gasteiger partial charge < -0.3 is 19.4 Å². The van der Waals surface area contributed by atoms with Gasteiger partial charge in [0.15, 0.2) is 0 Å². The first-order valence-corrected chi connectivity index (χ1v) is 9.81. The second-order valence-corrected chi connectivity index (χ2v) is 7.67. The van der Waals surface area contributed by atoms with Crippen LogP contribution in [0.15, 0.2) is 35.3 Å². The number of hydrogen-bond acceptors (Lipinski definition) is 5. The van der Waals surface area contributed by atoms with Crippen LogP contribution in [-0.2, 0) is 24.5 Å². The Bertz CT molecular complexity index is 1190. The zero-order chi connectivity index (χ0) is 21.4. The van der Waals surface area contributed by atoms with E-state index < -0.39 is 11.4 Å². The number of halogens is 2. The SMILES string of the molecule is COc1cn(Cc2ccc(F)c(Cl)c2)c(Nc2c(C)cc3c(c2C)COC3)nc1=O. The molecule has 0 radical (unpaired) electrons. The van der Waals surface area contributed by atoms with Crippen molar-refractivity contribution in [2.24, 2.45) is 0 Å². The van der Waals surface area contributed by atoms with E-state index in [9.17, 15) is 9.18 Å². The highest BCUT2D eigenvalue weighted by molar-refractivity contribution is 6.30. The first-order valence-electron chi connectivity index (χ1n) is 9.43. The van der Waals surface area contributed by atoms with Crippen LogP contribution in [0.1, 0.15) is 27.8 Å². The minimum absolute atomic E-state index is 0.0355. The van der Waals surface area contributed by atoms with E-state index in [0.717, 1.165) is 27.9 Å². The largest absolute Gasteiger partial charge is 0.490 e. The van der Waals surface area contributed by atoms with E-state index in [1.165, 1.54) is 18.7 Å². The zero-order valence-electron chi connectivity index (χ0n) is 16.9. The lowest BCUT2D eigenvalue weighted by molar-refractivity contribution is 0.134. The van der Waals surface area contributed by atoms with Crippen LogP contribution in [0.3, 0.4) is 0 Å². The lowest BCUT2D eigenvalue weighted by Crippen LogP contribution is -2.19. The first-order chi connectivity index (χ1) is 14.4. The Balaban J connectivity index is 1.77. The predicted molar refractivity (Wildman–Crippen MR) is 113 cm³/mol. The van der Waals surface area contributed by atoms with Crippen molar-refractivity contribution in [1.82, 2.24) is 9.55 Å². The van der Waals surface area contributed by atoms with Crippen molar-refractivity contribution in [2.45, 2.75) is 33.6 Å². The fourth-order valence-corrected chi connectivity index (χ4v) is 3.88. The van der Waals surface area contributed by atoms with Crippen LogP contribution in [0, 0.1) is 19.7 Å². The van der Waals surface area contributed by atoms with Crippen molar-refractivity contribution in [3.8, 4) is 5.75 Å². The van der Waals surface area contributed by atoms with E-state index in [4.69, 9.17) is 21.1 Å². The van der Waals surface area contributed by atoms with Crippen LogP contribution in [-0.4, -0.2) is 16.7 Å². The Morgan fingerprint density at radius 2 is 2.10 bits per heavy atom. The second-order valence-electron chi connectivity index (χ2n) is 7.26. The molecule has 2 aromatic carbocycles. The molecule has 8 heteroatoms. The van der Waals surface area contributed by atoms with E-state index in [1.54, 1.807) is 22.9 Å². The van der Waals surface area contributed by atoms with Gasteiger partial charge in [0.05, 0.1) is 38.1 Å². The Kier molecular flexibility index (Phi) is 5.49. The van der Waals surface area contributed by atoms with Crippen molar-refractivity contribution in [2.75, 3.05) is 12.4 Å². The van der Waals surface area contributed by atoms with Gasteiger partial charge in [-0.25, -0.2) is 4.39 Å². The van der Waals surface area contributed by atoms with Crippen LogP contribution in [0.4, 0.5) is 16.0 Å². The number of nitrogens with one attached hydrogen (secondary N) is 1. The zero-order valence-corrected chi connectivity index (χ0v) is 17.6. The Morgan fingerprint density at radius 1 is 1.30 bits per heavy atom. The van der Waals surface area contributed by atoms with Gasteiger partial charge in [-0.15, -0.1) is 0 Å². The molecule has 6 nitrogen and oxygen atoms in total. The second kappa shape index (κ2) is 8.08. The molecule has 0 amide bonds. The maximum Gasteiger partial charge on any atom is 0.316 e. The van der Waals surface area contributed by atoms with E-state index in [2.05, 4.69) is 16.4 Å². The summed E-state index contributed by atoms with van der Waals surface area (Å²) in [5.41, 5.74) is 5.57. The number of rotatable bonds is 5. The summed E-state index contributed by atoms with van der Waals surface area (Å²) in [7, 11) is 1.42. The molecule has 0 bridgehead atoms. The summed E-state index contributed by atoms with van der Waals surface area (Å²) in [5.74, 6) is -0.0168. The van der Waals surface area contributed by atoms with Crippen molar-refractivity contribution in [1.29, 1.82) is 0 Å². The third kappa shape index (κ3) is 3.78. The van der Waals surface area contributed by atoms with Gasteiger partial charge in [0.1, 0.15) is 5.82 Å². The third-order valence-corrected chi connectivity index (χ3v) is 5.55. The molecule has 2 heterocycles. The van der Waals surface area contributed by atoms with Crippen LogP contribution in [0.2, 0.25) is 5.02 Å². The summed E-state index contributed by atoms with van der Waals surface area (Å²) in [6.07, 6.45) is 1.58. The number of ether oxygens (including phenoxy) is 2. The molecule has 0 atom stereocenters. The standard InChI is InChI=1S/C22H21ClFN3O3/c1-12-6-15-10-30-11-16(15)13(2)20(12)25-22-26-21(28)19(29-3)9-27(22)8-14-4-5-18(24)17(23)7-14/h4-7,9H,8,10-11H2,1-3H3,(H,25,26,28). The smallest absolute Gasteiger partial charge is 0.316 e. The van der Waals surface area contributed by atoms with Crippen molar-refractivity contribution < 1.29 is 13.9 Å². The molecule has 0 aliphatic carbocycles. The van der Waals surface area contributed by atoms with Gasteiger partial charge in [0.25, 0.3) is 0 Å². The number of fused-ring (bicyclic) bond motifs is 1. The van der Waals surface area contributed by atoms with Crippen LogP contribution < -0.4 is 15.6 Å². The van der Waals surface area contributed by atoms with E-state index in [1.807, 2.05) is 13.8 Å². The van der Waals surface area contributed by atoms with Gasteiger partial charge in [-0.1, -0.05) is 23.7 Å². The number of anilines is 2. The number of benzene rings is 2. The summed E-state index contributed by atoms with van der Waals surface area (Å²) < 4.78 is 26.0. The highest BCUT2D eigenvalue weighted by Crippen LogP contribution is 2.33. The van der Waals surface area contributed by atoms with Crippen molar-refractivity contribution in [3.05, 3.63) is 79.5 Å². The summed E-state index contributed by atoms with van der Waals surface area (Å²) in [4.78, 5) is 16.5. The van der Waals surface area contributed by atoms with E-state index in [-0.39, 0.29) is 10.8 Å². The molecule has 0 spiro atoms. The van der Waals surface area contributed by atoms with Crippen LogP contribution >= 0.6 is 11.6 Å². The molecule has 3 aromatic rings.